The van der Waals surface area contributed by atoms with Crippen LogP contribution in [0.25, 0.3) is 5.69 Å². The molecule has 7 nitrogen and oxygen atoms in total. The van der Waals surface area contributed by atoms with E-state index in [-0.39, 0.29) is 5.69 Å². The monoisotopic (exact) mass is 346 g/mol. The molecular weight excluding hydrogens is 341 g/mol. The first-order valence-electron chi connectivity index (χ1n) is 5.84. The Morgan fingerprint density at radius 3 is 2.70 bits per heavy atom. The lowest BCUT2D eigenvalue weighted by Crippen LogP contribution is -2.06. The van der Waals surface area contributed by atoms with E-state index in [4.69, 9.17) is 16.9 Å². The quantitative estimate of drug-likeness (QED) is 0.625. The molecule has 0 saturated carbocycles. The molecule has 0 fully saturated rings. The molecule has 1 heterocycles. The van der Waals surface area contributed by atoms with E-state index in [1.54, 1.807) is 6.07 Å². The highest BCUT2D eigenvalue weighted by Gasteiger charge is 2.25. The van der Waals surface area contributed by atoms with Gasteiger partial charge in [-0.2, -0.15) is 19.1 Å². The molecule has 120 valence electrons. The highest BCUT2D eigenvalue weighted by Crippen LogP contribution is 2.32. The third-order valence-corrected chi connectivity index (χ3v) is 3.06. The van der Waals surface area contributed by atoms with Crippen molar-refractivity contribution in [3.05, 3.63) is 44.5 Å². The number of nitro groups is 1. The minimum absolute atomic E-state index is 0.112. The standard InChI is InChI=1S/C12H6ClF3N4O3/c1-5-11(23-12(15)16)10(4-17)19(18-5)9-3-8(20(21)22)6(13)2-7(9)14/h2-3,12H,1H3. The number of nitrogens with zero attached hydrogens (tertiary/aromatic N) is 4. The molecule has 1 aromatic heterocycles. The van der Waals surface area contributed by atoms with E-state index in [0.717, 1.165) is 6.07 Å². The fourth-order valence-electron chi connectivity index (χ4n) is 1.84. The lowest BCUT2D eigenvalue weighted by atomic mass is 10.2. The van der Waals surface area contributed by atoms with Crippen molar-refractivity contribution < 1.29 is 22.8 Å². The van der Waals surface area contributed by atoms with Crippen molar-refractivity contribution in [2.24, 2.45) is 0 Å². The highest BCUT2D eigenvalue weighted by atomic mass is 35.5. The van der Waals surface area contributed by atoms with E-state index in [9.17, 15) is 23.3 Å². The third-order valence-electron chi connectivity index (χ3n) is 2.76. The zero-order valence-corrected chi connectivity index (χ0v) is 12.0. The fraction of sp³-hybridized carbons (Fsp3) is 0.167. The minimum atomic E-state index is -3.22. The molecule has 23 heavy (non-hydrogen) atoms. The van der Waals surface area contributed by atoms with Crippen LogP contribution in [0.1, 0.15) is 11.4 Å². The molecule has 11 heteroatoms. The number of nitro benzene ring substituents is 1. The molecule has 0 atom stereocenters. The van der Waals surface area contributed by atoms with Crippen molar-refractivity contribution in [2.75, 3.05) is 0 Å². The van der Waals surface area contributed by atoms with Gasteiger partial charge in [0.1, 0.15) is 22.5 Å². The van der Waals surface area contributed by atoms with E-state index in [0.29, 0.717) is 10.7 Å². The summed E-state index contributed by atoms with van der Waals surface area (Å²) in [5.74, 6) is -1.57. The molecule has 0 aliphatic carbocycles. The van der Waals surface area contributed by atoms with Crippen LogP contribution in [0.5, 0.6) is 5.75 Å². The number of rotatable bonds is 4. The molecule has 0 aliphatic heterocycles. The number of hydrogen-bond acceptors (Lipinski definition) is 5. The first-order chi connectivity index (χ1) is 10.8. The lowest BCUT2D eigenvalue weighted by molar-refractivity contribution is -0.384. The number of nitriles is 1. The maximum absolute atomic E-state index is 14.0. The van der Waals surface area contributed by atoms with Gasteiger partial charge in [-0.25, -0.2) is 9.07 Å². The maximum Gasteiger partial charge on any atom is 0.387 e. The molecule has 0 unspecified atom stereocenters. The van der Waals surface area contributed by atoms with Gasteiger partial charge in [0.25, 0.3) is 5.69 Å². The summed E-state index contributed by atoms with van der Waals surface area (Å²) in [5.41, 5.74) is -1.77. The van der Waals surface area contributed by atoms with Crippen LogP contribution >= 0.6 is 11.6 Å². The summed E-state index contributed by atoms with van der Waals surface area (Å²) >= 11 is 5.56. The fourth-order valence-corrected chi connectivity index (χ4v) is 2.06. The Morgan fingerprint density at radius 2 is 2.17 bits per heavy atom. The summed E-state index contributed by atoms with van der Waals surface area (Å²) in [6.45, 7) is -1.96. The molecule has 2 aromatic rings. The average Bonchev–Trinajstić information content (AvgIpc) is 2.74. The molecule has 0 aliphatic rings. The van der Waals surface area contributed by atoms with Crippen molar-refractivity contribution in [3.8, 4) is 17.5 Å². The van der Waals surface area contributed by atoms with E-state index in [2.05, 4.69) is 9.84 Å². The van der Waals surface area contributed by atoms with Gasteiger partial charge in [-0.3, -0.25) is 10.1 Å². The molecule has 0 spiro atoms. The molecule has 0 amide bonds. The van der Waals surface area contributed by atoms with E-state index in [1.165, 1.54) is 6.92 Å². The van der Waals surface area contributed by atoms with Crippen LogP contribution in [0.2, 0.25) is 5.02 Å². The second-order valence-electron chi connectivity index (χ2n) is 4.18. The first-order valence-corrected chi connectivity index (χ1v) is 6.22. The van der Waals surface area contributed by atoms with Crippen LogP contribution in [0, 0.1) is 34.2 Å². The summed E-state index contributed by atoms with van der Waals surface area (Å²) in [6, 6.07) is 2.97. The predicted molar refractivity (Wildman–Crippen MR) is 71.3 cm³/mol. The van der Waals surface area contributed by atoms with Gasteiger partial charge in [-0.15, -0.1) is 0 Å². The summed E-state index contributed by atoms with van der Waals surface area (Å²) in [5, 5.41) is 23.2. The molecule has 0 bridgehead atoms. The van der Waals surface area contributed by atoms with Crippen molar-refractivity contribution in [2.45, 2.75) is 13.5 Å². The molecule has 2 rings (SSSR count). The van der Waals surface area contributed by atoms with Crippen LogP contribution in [0.15, 0.2) is 12.1 Å². The van der Waals surface area contributed by atoms with Crippen molar-refractivity contribution in [3.63, 3.8) is 0 Å². The molecule has 0 N–H and O–H groups in total. The summed E-state index contributed by atoms with van der Waals surface area (Å²) in [4.78, 5) is 10.0. The number of aromatic nitrogens is 2. The van der Waals surface area contributed by atoms with Gasteiger partial charge in [-0.05, 0) is 6.92 Å². The van der Waals surface area contributed by atoms with Crippen molar-refractivity contribution >= 4 is 17.3 Å². The van der Waals surface area contributed by atoms with Crippen LogP contribution < -0.4 is 4.74 Å². The third kappa shape index (κ3) is 3.04. The Bertz CT molecular complexity index is 832. The second kappa shape index (κ2) is 6.13. The van der Waals surface area contributed by atoms with Gasteiger partial charge in [-0.1, -0.05) is 11.6 Å². The Kier molecular flexibility index (Phi) is 4.42. The summed E-state index contributed by atoms with van der Waals surface area (Å²) in [6.07, 6.45) is 0. The van der Waals surface area contributed by atoms with Crippen LogP contribution in [0.4, 0.5) is 18.9 Å². The van der Waals surface area contributed by atoms with Gasteiger partial charge >= 0.3 is 6.61 Å². The molecule has 1 aromatic carbocycles. The van der Waals surface area contributed by atoms with Gasteiger partial charge in [0.2, 0.25) is 0 Å². The van der Waals surface area contributed by atoms with Crippen LogP contribution in [-0.4, -0.2) is 21.3 Å². The first kappa shape index (κ1) is 16.6. The lowest BCUT2D eigenvalue weighted by Gasteiger charge is -2.06. The van der Waals surface area contributed by atoms with E-state index in [1.807, 2.05) is 0 Å². The highest BCUT2D eigenvalue weighted by molar-refractivity contribution is 6.32. The second-order valence-corrected chi connectivity index (χ2v) is 4.58. The zero-order valence-electron chi connectivity index (χ0n) is 11.3. The smallest absolute Gasteiger partial charge is 0.387 e. The Labute approximate surface area is 131 Å². The van der Waals surface area contributed by atoms with Gasteiger partial charge < -0.3 is 4.74 Å². The van der Waals surface area contributed by atoms with Gasteiger partial charge in [0.05, 0.1) is 4.92 Å². The Morgan fingerprint density at radius 1 is 1.52 bits per heavy atom. The molecule has 0 saturated heterocycles. The molecule has 0 radical (unpaired) electrons. The van der Waals surface area contributed by atoms with E-state index < -0.39 is 45.2 Å². The SMILES string of the molecule is Cc1nn(-c2cc([N+](=O)[O-])c(Cl)cc2F)c(C#N)c1OC(F)F. The Hall–Kier alpha value is -2.80. The number of ether oxygens (including phenoxy) is 1. The summed E-state index contributed by atoms with van der Waals surface area (Å²) < 4.78 is 43.6. The van der Waals surface area contributed by atoms with Crippen molar-refractivity contribution in [1.82, 2.24) is 9.78 Å². The summed E-state index contributed by atoms with van der Waals surface area (Å²) in [7, 11) is 0. The van der Waals surface area contributed by atoms with Crippen LogP contribution in [-0.2, 0) is 0 Å². The average molecular weight is 347 g/mol. The van der Waals surface area contributed by atoms with E-state index >= 15 is 0 Å². The maximum atomic E-state index is 14.0. The van der Waals surface area contributed by atoms with Crippen molar-refractivity contribution in [1.29, 1.82) is 5.26 Å². The minimum Gasteiger partial charge on any atom is -0.430 e. The largest absolute Gasteiger partial charge is 0.430 e. The van der Waals surface area contributed by atoms with Gasteiger partial charge in [0, 0.05) is 12.1 Å². The number of hydrogen-bond donors (Lipinski definition) is 0. The number of aryl methyl sites for hydroxylation is 1. The number of alkyl halides is 2. The Balaban J connectivity index is 2.70. The topological polar surface area (TPSA) is 94.0 Å². The number of benzene rings is 1. The zero-order chi connectivity index (χ0) is 17.3. The normalized spacial score (nSPS) is 10.7. The van der Waals surface area contributed by atoms with Crippen LogP contribution in [0.3, 0.4) is 0 Å². The number of halogens is 4. The molecular formula is C12H6ClF3N4O3. The predicted octanol–water partition coefficient (Wildman–Crippen LogP) is 3.35. The van der Waals surface area contributed by atoms with Gasteiger partial charge in [0.15, 0.2) is 17.3 Å².